The van der Waals surface area contributed by atoms with Crippen molar-refractivity contribution in [1.82, 2.24) is 4.31 Å². The number of benzene rings is 1. The van der Waals surface area contributed by atoms with Gasteiger partial charge in [-0.3, -0.25) is 0 Å². The van der Waals surface area contributed by atoms with Crippen molar-refractivity contribution in [3.8, 4) is 6.07 Å². The summed E-state index contributed by atoms with van der Waals surface area (Å²) in [5.74, 6) is 0. The molecule has 0 atom stereocenters. The van der Waals surface area contributed by atoms with Crippen LogP contribution in [0.5, 0.6) is 0 Å². The van der Waals surface area contributed by atoms with E-state index in [1.807, 2.05) is 19.9 Å². The van der Waals surface area contributed by atoms with Crippen molar-refractivity contribution in [3.63, 3.8) is 0 Å². The second-order valence-electron chi connectivity index (χ2n) is 5.21. The van der Waals surface area contributed by atoms with Crippen molar-refractivity contribution in [2.75, 3.05) is 12.3 Å². The Hall–Kier alpha value is -1.58. The third-order valence-electron chi connectivity index (χ3n) is 3.69. The summed E-state index contributed by atoms with van der Waals surface area (Å²) >= 11 is 0. The smallest absolute Gasteiger partial charge is 0.243 e. The zero-order valence-electron chi connectivity index (χ0n) is 11.8. The lowest BCUT2D eigenvalue weighted by atomic mass is 10.1. The van der Waals surface area contributed by atoms with Crippen LogP contribution in [0.4, 0.5) is 5.69 Å². The van der Waals surface area contributed by atoms with Crippen LogP contribution in [0.1, 0.15) is 30.4 Å². The van der Waals surface area contributed by atoms with E-state index in [0.717, 1.165) is 24.0 Å². The van der Waals surface area contributed by atoms with Gasteiger partial charge in [-0.1, -0.05) is 0 Å². The number of anilines is 1. The highest BCUT2D eigenvalue weighted by Gasteiger charge is 2.37. The summed E-state index contributed by atoms with van der Waals surface area (Å²) in [4.78, 5) is 0.225. The predicted octanol–water partition coefficient (Wildman–Crippen LogP) is 1.95. The molecule has 108 valence electrons. The Labute approximate surface area is 120 Å². The maximum Gasteiger partial charge on any atom is 0.243 e. The number of nitrogens with zero attached hydrogens (tertiary/aromatic N) is 2. The van der Waals surface area contributed by atoms with E-state index in [1.54, 1.807) is 6.07 Å². The first-order valence-electron chi connectivity index (χ1n) is 6.63. The first-order valence-corrected chi connectivity index (χ1v) is 8.07. The lowest BCUT2D eigenvalue weighted by Gasteiger charge is -2.21. The van der Waals surface area contributed by atoms with Crippen LogP contribution in [0.15, 0.2) is 17.0 Å². The minimum Gasteiger partial charge on any atom is -0.398 e. The highest BCUT2D eigenvalue weighted by atomic mass is 32.2. The molecule has 20 heavy (non-hydrogen) atoms. The molecule has 2 rings (SSSR count). The van der Waals surface area contributed by atoms with Gasteiger partial charge in [-0.05, 0) is 49.9 Å². The molecule has 0 heterocycles. The number of aryl methyl sites for hydroxylation is 1. The van der Waals surface area contributed by atoms with Crippen molar-refractivity contribution < 1.29 is 8.42 Å². The van der Waals surface area contributed by atoms with Gasteiger partial charge in [0, 0.05) is 24.7 Å². The largest absolute Gasteiger partial charge is 0.398 e. The molecular weight excluding hydrogens is 274 g/mol. The van der Waals surface area contributed by atoms with Crippen molar-refractivity contribution in [3.05, 3.63) is 23.3 Å². The molecule has 1 saturated carbocycles. The molecule has 1 aromatic carbocycles. The van der Waals surface area contributed by atoms with Gasteiger partial charge in [0.25, 0.3) is 0 Å². The van der Waals surface area contributed by atoms with Gasteiger partial charge in [0.15, 0.2) is 0 Å². The zero-order valence-corrected chi connectivity index (χ0v) is 12.6. The molecule has 0 saturated heterocycles. The van der Waals surface area contributed by atoms with Crippen LogP contribution < -0.4 is 5.73 Å². The van der Waals surface area contributed by atoms with Gasteiger partial charge in [-0.15, -0.1) is 0 Å². The lowest BCUT2D eigenvalue weighted by molar-refractivity contribution is 0.411. The molecule has 1 aromatic rings. The van der Waals surface area contributed by atoms with E-state index in [0.29, 0.717) is 5.69 Å². The number of hydrogen-bond acceptors (Lipinski definition) is 4. The fraction of sp³-hybridized carbons (Fsp3) is 0.500. The van der Waals surface area contributed by atoms with E-state index in [-0.39, 0.29) is 23.9 Å². The van der Waals surface area contributed by atoms with Gasteiger partial charge in [0.1, 0.15) is 0 Å². The van der Waals surface area contributed by atoms with Crippen molar-refractivity contribution in [1.29, 1.82) is 5.26 Å². The third kappa shape index (κ3) is 2.79. The molecular formula is C14H19N3O2S. The minimum atomic E-state index is -3.57. The molecule has 2 N–H and O–H groups in total. The lowest BCUT2D eigenvalue weighted by Crippen LogP contribution is -2.34. The maximum absolute atomic E-state index is 12.7. The fourth-order valence-corrected chi connectivity index (χ4v) is 3.97. The topological polar surface area (TPSA) is 87.2 Å². The second kappa shape index (κ2) is 5.43. The van der Waals surface area contributed by atoms with Gasteiger partial charge < -0.3 is 5.73 Å². The molecule has 0 aromatic heterocycles. The summed E-state index contributed by atoms with van der Waals surface area (Å²) in [5.41, 5.74) is 8.12. The van der Waals surface area contributed by atoms with E-state index >= 15 is 0 Å². The van der Waals surface area contributed by atoms with Crippen LogP contribution in [0.25, 0.3) is 0 Å². The normalized spacial score (nSPS) is 15.3. The Morgan fingerprint density at radius 3 is 2.55 bits per heavy atom. The van der Waals surface area contributed by atoms with E-state index in [4.69, 9.17) is 11.0 Å². The molecule has 0 radical (unpaired) electrons. The summed E-state index contributed by atoms with van der Waals surface area (Å²) in [5, 5.41) is 8.69. The average molecular weight is 293 g/mol. The number of rotatable bonds is 5. The van der Waals surface area contributed by atoms with Gasteiger partial charge in [-0.2, -0.15) is 9.57 Å². The van der Waals surface area contributed by atoms with E-state index in [1.165, 1.54) is 10.4 Å². The van der Waals surface area contributed by atoms with Crippen LogP contribution in [0.3, 0.4) is 0 Å². The molecule has 5 nitrogen and oxygen atoms in total. The van der Waals surface area contributed by atoms with Crippen LogP contribution in [0.2, 0.25) is 0 Å². The van der Waals surface area contributed by atoms with E-state index in [2.05, 4.69) is 0 Å². The molecule has 0 bridgehead atoms. The summed E-state index contributed by atoms with van der Waals surface area (Å²) in [7, 11) is -3.57. The van der Waals surface area contributed by atoms with Crippen LogP contribution in [0, 0.1) is 25.2 Å². The minimum absolute atomic E-state index is 0.0381. The Bertz CT molecular complexity index is 634. The SMILES string of the molecule is Cc1cc(S(=O)(=O)N(CCC#N)C2CC2)cc(N)c1C. The van der Waals surface area contributed by atoms with E-state index in [9.17, 15) is 8.42 Å². The highest BCUT2D eigenvalue weighted by Crippen LogP contribution is 2.33. The first kappa shape index (κ1) is 14.8. The number of sulfonamides is 1. The standard InChI is InChI=1S/C14H19N3O2S/c1-10-8-13(9-14(16)11(10)2)20(18,19)17(7-3-6-15)12-4-5-12/h8-9,12H,3-5,7,16H2,1-2H3. The summed E-state index contributed by atoms with van der Waals surface area (Å²) in [6.45, 7) is 3.97. The van der Waals surface area contributed by atoms with Gasteiger partial charge in [-0.25, -0.2) is 8.42 Å². The Kier molecular flexibility index (Phi) is 4.02. The number of nitrogens with two attached hydrogens (primary N) is 1. The molecule has 0 amide bonds. The fourth-order valence-electron chi connectivity index (χ4n) is 2.16. The van der Waals surface area contributed by atoms with E-state index < -0.39 is 10.0 Å². The van der Waals surface area contributed by atoms with Crippen LogP contribution >= 0.6 is 0 Å². The van der Waals surface area contributed by atoms with Gasteiger partial charge >= 0.3 is 0 Å². The van der Waals surface area contributed by atoms with Crippen molar-refractivity contribution in [2.45, 2.75) is 44.0 Å². The molecule has 1 aliphatic carbocycles. The number of hydrogen-bond donors (Lipinski definition) is 1. The molecule has 1 fully saturated rings. The highest BCUT2D eigenvalue weighted by molar-refractivity contribution is 7.89. The second-order valence-corrected chi connectivity index (χ2v) is 7.10. The molecule has 1 aliphatic rings. The molecule has 0 aliphatic heterocycles. The Morgan fingerprint density at radius 1 is 1.40 bits per heavy atom. The van der Waals surface area contributed by atoms with Gasteiger partial charge in [0.05, 0.1) is 11.0 Å². The summed E-state index contributed by atoms with van der Waals surface area (Å²) in [6.07, 6.45) is 1.94. The summed E-state index contributed by atoms with van der Waals surface area (Å²) in [6, 6.07) is 5.21. The zero-order chi connectivity index (χ0) is 14.9. The summed E-state index contributed by atoms with van der Waals surface area (Å²) < 4.78 is 26.8. The molecule has 0 unspecified atom stereocenters. The molecule has 0 spiro atoms. The molecule has 6 heteroatoms. The van der Waals surface area contributed by atoms with Crippen LogP contribution in [-0.4, -0.2) is 25.3 Å². The number of nitriles is 1. The number of nitrogen functional groups attached to an aromatic ring is 1. The quantitative estimate of drug-likeness (QED) is 0.841. The third-order valence-corrected chi connectivity index (χ3v) is 5.62. The van der Waals surface area contributed by atoms with Crippen molar-refractivity contribution >= 4 is 15.7 Å². The Balaban J connectivity index is 2.40. The van der Waals surface area contributed by atoms with Crippen LogP contribution in [-0.2, 0) is 10.0 Å². The van der Waals surface area contributed by atoms with Crippen molar-refractivity contribution in [2.24, 2.45) is 0 Å². The Morgan fingerprint density at radius 2 is 2.05 bits per heavy atom. The maximum atomic E-state index is 12.7. The first-order chi connectivity index (χ1) is 9.37. The predicted molar refractivity (Wildman–Crippen MR) is 77.5 cm³/mol. The van der Waals surface area contributed by atoms with Gasteiger partial charge in [0.2, 0.25) is 10.0 Å². The average Bonchev–Trinajstić information content (AvgIpc) is 3.20. The monoisotopic (exact) mass is 293 g/mol.